The number of thioether (sulfide) groups is 1. The Bertz CT molecular complexity index is 748. The first-order valence-electron chi connectivity index (χ1n) is 7.43. The van der Waals surface area contributed by atoms with Crippen molar-refractivity contribution in [3.05, 3.63) is 40.3 Å². The standard InChI is InChI=1S/C16H17N3O3S2/c1-22-7-6-17-16(21)11-9-24-14(18-11)8-19-12-4-2-3-5-13(12)23-10-15(19)20/h2-5,9H,6-8,10H2,1H3,(H,17,21). The molecule has 0 aliphatic carbocycles. The van der Waals surface area contributed by atoms with Crippen LogP contribution in [-0.4, -0.2) is 42.8 Å². The number of amides is 2. The van der Waals surface area contributed by atoms with Crippen LogP contribution in [0.3, 0.4) is 0 Å². The van der Waals surface area contributed by atoms with Gasteiger partial charge in [-0.3, -0.25) is 9.59 Å². The predicted octanol–water partition coefficient (Wildman–Crippen LogP) is 2.16. The summed E-state index contributed by atoms with van der Waals surface area (Å²) in [5, 5.41) is 5.19. The average molecular weight is 363 g/mol. The van der Waals surface area contributed by atoms with E-state index in [1.807, 2.05) is 24.3 Å². The molecule has 2 heterocycles. The van der Waals surface area contributed by atoms with Gasteiger partial charge in [0.2, 0.25) is 5.91 Å². The summed E-state index contributed by atoms with van der Waals surface area (Å²) >= 11 is 2.93. The van der Waals surface area contributed by atoms with Crippen molar-refractivity contribution in [1.82, 2.24) is 10.3 Å². The lowest BCUT2D eigenvalue weighted by Gasteiger charge is -2.28. The predicted molar refractivity (Wildman–Crippen MR) is 94.7 cm³/mol. The lowest BCUT2D eigenvalue weighted by Crippen LogP contribution is -2.34. The van der Waals surface area contributed by atoms with Crippen molar-refractivity contribution in [2.75, 3.05) is 30.9 Å². The Hall–Kier alpha value is -1.90. The number of methoxy groups -OCH3 is 1. The summed E-state index contributed by atoms with van der Waals surface area (Å²) in [6, 6.07) is 7.83. The molecule has 3 rings (SSSR count). The summed E-state index contributed by atoms with van der Waals surface area (Å²) < 4.78 is 4.90. The van der Waals surface area contributed by atoms with E-state index in [1.165, 1.54) is 11.3 Å². The van der Waals surface area contributed by atoms with Crippen LogP contribution in [0.15, 0.2) is 34.5 Å². The molecule has 0 bridgehead atoms. The lowest BCUT2D eigenvalue weighted by molar-refractivity contribution is -0.116. The molecule has 6 nitrogen and oxygen atoms in total. The fraction of sp³-hybridized carbons (Fsp3) is 0.312. The molecule has 2 aromatic rings. The van der Waals surface area contributed by atoms with Crippen molar-refractivity contribution < 1.29 is 14.3 Å². The zero-order valence-electron chi connectivity index (χ0n) is 13.2. The molecule has 0 saturated carbocycles. The van der Waals surface area contributed by atoms with Gasteiger partial charge in [0, 0.05) is 23.9 Å². The number of anilines is 1. The number of fused-ring (bicyclic) bond motifs is 1. The van der Waals surface area contributed by atoms with Gasteiger partial charge in [-0.2, -0.15) is 0 Å². The van der Waals surface area contributed by atoms with Crippen LogP contribution in [0.25, 0.3) is 0 Å². The number of benzene rings is 1. The molecule has 0 radical (unpaired) electrons. The summed E-state index contributed by atoms with van der Waals surface area (Å²) in [5.74, 6) is 0.253. The highest BCUT2D eigenvalue weighted by Crippen LogP contribution is 2.35. The number of para-hydroxylation sites is 1. The lowest BCUT2D eigenvalue weighted by atomic mass is 10.2. The molecule has 2 amide bonds. The van der Waals surface area contributed by atoms with E-state index in [1.54, 1.807) is 29.2 Å². The Balaban J connectivity index is 1.71. The summed E-state index contributed by atoms with van der Waals surface area (Å²) in [7, 11) is 1.58. The smallest absolute Gasteiger partial charge is 0.270 e. The van der Waals surface area contributed by atoms with Crippen LogP contribution in [0.1, 0.15) is 15.5 Å². The van der Waals surface area contributed by atoms with Gasteiger partial charge in [0.15, 0.2) is 0 Å². The Morgan fingerprint density at radius 1 is 1.42 bits per heavy atom. The third kappa shape index (κ3) is 3.77. The minimum absolute atomic E-state index is 0.0556. The quantitative estimate of drug-likeness (QED) is 0.797. The SMILES string of the molecule is COCCNC(=O)c1csc(CN2C(=O)CSc3ccccc32)n1. The second-order valence-electron chi connectivity index (χ2n) is 5.11. The maximum absolute atomic E-state index is 12.3. The van der Waals surface area contributed by atoms with Gasteiger partial charge in [-0.15, -0.1) is 23.1 Å². The minimum atomic E-state index is -0.226. The normalized spacial score (nSPS) is 13.7. The minimum Gasteiger partial charge on any atom is -0.383 e. The maximum atomic E-state index is 12.3. The van der Waals surface area contributed by atoms with Gasteiger partial charge in [0.1, 0.15) is 10.7 Å². The summed E-state index contributed by atoms with van der Waals surface area (Å²) in [6.45, 7) is 1.28. The van der Waals surface area contributed by atoms with Gasteiger partial charge in [-0.05, 0) is 12.1 Å². The van der Waals surface area contributed by atoms with Crippen LogP contribution in [0.2, 0.25) is 0 Å². The van der Waals surface area contributed by atoms with E-state index >= 15 is 0 Å². The van der Waals surface area contributed by atoms with Gasteiger partial charge < -0.3 is 15.0 Å². The third-order valence-electron chi connectivity index (χ3n) is 3.48. The maximum Gasteiger partial charge on any atom is 0.270 e. The van der Waals surface area contributed by atoms with Crippen molar-refractivity contribution in [2.45, 2.75) is 11.4 Å². The van der Waals surface area contributed by atoms with Crippen LogP contribution in [0, 0.1) is 0 Å². The monoisotopic (exact) mass is 363 g/mol. The number of hydrogen-bond acceptors (Lipinski definition) is 6. The second kappa shape index (κ2) is 7.78. The molecule has 0 unspecified atom stereocenters. The first-order chi connectivity index (χ1) is 11.7. The number of carbonyl (C=O) groups is 2. The average Bonchev–Trinajstić information content (AvgIpc) is 3.06. The van der Waals surface area contributed by atoms with Crippen molar-refractivity contribution in [2.24, 2.45) is 0 Å². The van der Waals surface area contributed by atoms with Gasteiger partial charge in [-0.1, -0.05) is 12.1 Å². The molecule has 1 aromatic heterocycles. The van der Waals surface area contributed by atoms with E-state index in [-0.39, 0.29) is 11.8 Å². The van der Waals surface area contributed by atoms with Crippen molar-refractivity contribution >= 4 is 40.6 Å². The summed E-state index contributed by atoms with van der Waals surface area (Å²) in [5.41, 5.74) is 1.28. The molecular weight excluding hydrogens is 346 g/mol. The van der Waals surface area contributed by atoms with Crippen molar-refractivity contribution in [3.63, 3.8) is 0 Å². The molecule has 0 fully saturated rings. The zero-order valence-corrected chi connectivity index (χ0v) is 14.8. The number of hydrogen-bond donors (Lipinski definition) is 1. The third-order valence-corrected chi connectivity index (χ3v) is 5.36. The van der Waals surface area contributed by atoms with Crippen LogP contribution in [0.4, 0.5) is 5.69 Å². The van der Waals surface area contributed by atoms with Gasteiger partial charge in [0.05, 0.1) is 24.6 Å². The highest BCUT2D eigenvalue weighted by molar-refractivity contribution is 8.00. The zero-order chi connectivity index (χ0) is 16.9. The molecule has 0 atom stereocenters. The van der Waals surface area contributed by atoms with Crippen molar-refractivity contribution in [1.29, 1.82) is 0 Å². The van der Waals surface area contributed by atoms with Crippen LogP contribution >= 0.6 is 23.1 Å². The van der Waals surface area contributed by atoms with E-state index in [9.17, 15) is 9.59 Å². The topological polar surface area (TPSA) is 71.5 Å². The van der Waals surface area contributed by atoms with Gasteiger partial charge in [0.25, 0.3) is 5.91 Å². The summed E-state index contributed by atoms with van der Waals surface area (Å²) in [6.07, 6.45) is 0. The first-order valence-corrected chi connectivity index (χ1v) is 9.29. The highest BCUT2D eigenvalue weighted by atomic mass is 32.2. The molecule has 0 spiro atoms. The molecule has 0 saturated heterocycles. The molecule has 8 heteroatoms. The Kier molecular flexibility index (Phi) is 5.49. The van der Waals surface area contributed by atoms with Crippen LogP contribution in [-0.2, 0) is 16.1 Å². The van der Waals surface area contributed by atoms with E-state index in [2.05, 4.69) is 10.3 Å². The fourth-order valence-corrected chi connectivity index (χ4v) is 4.01. The summed E-state index contributed by atoms with van der Waals surface area (Å²) in [4.78, 5) is 31.4. The number of aromatic nitrogens is 1. The second-order valence-corrected chi connectivity index (χ2v) is 7.07. The number of nitrogens with one attached hydrogen (secondary N) is 1. The van der Waals surface area contributed by atoms with Crippen LogP contribution < -0.4 is 10.2 Å². The van der Waals surface area contributed by atoms with Gasteiger partial charge in [-0.25, -0.2) is 4.98 Å². The van der Waals surface area contributed by atoms with E-state index in [4.69, 9.17) is 4.74 Å². The van der Waals surface area contributed by atoms with E-state index < -0.39 is 0 Å². The Morgan fingerprint density at radius 2 is 2.25 bits per heavy atom. The van der Waals surface area contributed by atoms with Crippen molar-refractivity contribution in [3.8, 4) is 0 Å². The fourth-order valence-electron chi connectivity index (χ4n) is 2.31. The van der Waals surface area contributed by atoms with Crippen LogP contribution in [0.5, 0.6) is 0 Å². The molecule has 24 heavy (non-hydrogen) atoms. The molecule has 1 aliphatic rings. The molecule has 1 aromatic carbocycles. The molecule has 1 aliphatic heterocycles. The van der Waals surface area contributed by atoms with Gasteiger partial charge >= 0.3 is 0 Å². The number of thiazole rings is 1. The molecule has 1 N–H and O–H groups in total. The number of ether oxygens (including phenoxy) is 1. The highest BCUT2D eigenvalue weighted by Gasteiger charge is 2.25. The first kappa shape index (κ1) is 16.9. The number of carbonyl (C=O) groups excluding carboxylic acids is 2. The molecular formula is C16H17N3O3S2. The number of nitrogens with zero attached hydrogens (tertiary/aromatic N) is 2. The number of rotatable bonds is 6. The van der Waals surface area contributed by atoms with E-state index in [0.29, 0.717) is 31.1 Å². The van der Waals surface area contributed by atoms with E-state index in [0.717, 1.165) is 15.6 Å². The molecule has 126 valence electrons. The Labute approximate surface area is 148 Å². The Morgan fingerprint density at radius 3 is 3.08 bits per heavy atom. The largest absolute Gasteiger partial charge is 0.383 e.